The summed E-state index contributed by atoms with van der Waals surface area (Å²) in [4.78, 5) is 42.7. The molecule has 1 aliphatic carbocycles. The molecule has 1 N–H and O–H groups in total. The number of hydrogen-bond donors (Lipinski definition) is 1. The van der Waals surface area contributed by atoms with Crippen molar-refractivity contribution in [3.8, 4) is 0 Å². The van der Waals surface area contributed by atoms with E-state index in [1.54, 1.807) is 32.9 Å². The van der Waals surface area contributed by atoms with Crippen LogP contribution in [-0.4, -0.2) is 39.0 Å². The van der Waals surface area contributed by atoms with Crippen molar-refractivity contribution in [3.63, 3.8) is 0 Å². The van der Waals surface area contributed by atoms with Crippen molar-refractivity contribution in [3.05, 3.63) is 62.3 Å². The van der Waals surface area contributed by atoms with Crippen LogP contribution in [0.4, 0.5) is 5.69 Å². The molecule has 1 saturated carbocycles. The van der Waals surface area contributed by atoms with Gasteiger partial charge < -0.3 is 15.0 Å². The average molecular weight is 457 g/mol. The first kappa shape index (κ1) is 22.1. The summed E-state index contributed by atoms with van der Waals surface area (Å²) < 4.78 is 5.49. The normalized spacial score (nSPS) is 20.0. The largest absolute Gasteiger partial charge is 0.459 e. The van der Waals surface area contributed by atoms with Crippen molar-refractivity contribution in [2.75, 3.05) is 0 Å². The molecule has 10 heteroatoms. The van der Waals surface area contributed by atoms with Crippen LogP contribution in [0.1, 0.15) is 51.6 Å². The molecule has 168 valence electrons. The second-order valence-corrected chi connectivity index (χ2v) is 9.05. The molecule has 1 fully saturated rings. The van der Waals surface area contributed by atoms with Crippen LogP contribution >= 0.6 is 11.8 Å². The Kier molecular flexibility index (Phi) is 6.05. The van der Waals surface area contributed by atoms with E-state index in [2.05, 4.69) is 10.3 Å². The zero-order chi connectivity index (χ0) is 23.0. The number of benzene rings is 1. The van der Waals surface area contributed by atoms with Crippen molar-refractivity contribution < 1.29 is 19.2 Å². The Labute approximate surface area is 189 Å². The van der Waals surface area contributed by atoms with Gasteiger partial charge in [-0.15, -0.1) is 0 Å². The number of carbonyl (C=O) groups excluding carboxylic acids is 2. The molecule has 1 unspecified atom stereocenters. The zero-order valence-corrected chi connectivity index (χ0v) is 18.8. The number of nitrogens with one attached hydrogen (secondary N) is 1. The van der Waals surface area contributed by atoms with Crippen molar-refractivity contribution in [2.45, 2.75) is 58.2 Å². The van der Waals surface area contributed by atoms with E-state index >= 15 is 0 Å². The van der Waals surface area contributed by atoms with Gasteiger partial charge in [-0.1, -0.05) is 11.8 Å². The van der Waals surface area contributed by atoms with Crippen LogP contribution in [0.25, 0.3) is 0 Å². The number of hydrogen-bond acceptors (Lipinski definition) is 8. The maximum Gasteiger partial charge on any atom is 0.338 e. The lowest BCUT2D eigenvalue weighted by Gasteiger charge is -2.36. The van der Waals surface area contributed by atoms with Crippen LogP contribution < -0.4 is 5.32 Å². The minimum Gasteiger partial charge on any atom is -0.459 e. The highest BCUT2D eigenvalue weighted by Crippen LogP contribution is 2.45. The molecule has 1 aromatic rings. The molecule has 0 aromatic heterocycles. The Bertz CT molecular complexity index is 1060. The molecule has 1 amide bonds. The first-order valence-corrected chi connectivity index (χ1v) is 11.3. The molecule has 0 bridgehead atoms. The third kappa shape index (κ3) is 4.55. The molecule has 2 heterocycles. The van der Waals surface area contributed by atoms with Gasteiger partial charge in [0.1, 0.15) is 0 Å². The van der Waals surface area contributed by atoms with Crippen LogP contribution in [-0.2, 0) is 14.3 Å². The van der Waals surface area contributed by atoms with Crippen LogP contribution in [0.3, 0.4) is 0 Å². The number of fused-ring (bicyclic) bond motifs is 1. The SMILES string of the molecule is CC1=C(C(=O)OC(C)C)C(c2ccc([N+](=O)[O-])cc2)N2C(CC(=O)NC3CC3)=CSC2=N1. The number of aliphatic imine (C=N–C) groups is 1. The molecule has 1 aromatic carbocycles. The summed E-state index contributed by atoms with van der Waals surface area (Å²) >= 11 is 1.39. The lowest BCUT2D eigenvalue weighted by atomic mass is 9.93. The predicted molar refractivity (Wildman–Crippen MR) is 120 cm³/mol. The average Bonchev–Trinajstić information content (AvgIpc) is 3.45. The van der Waals surface area contributed by atoms with Gasteiger partial charge in [0.05, 0.1) is 34.8 Å². The Morgan fingerprint density at radius 3 is 2.59 bits per heavy atom. The molecule has 0 spiro atoms. The van der Waals surface area contributed by atoms with E-state index in [9.17, 15) is 19.7 Å². The molecular formula is C22H24N4O5S. The molecule has 32 heavy (non-hydrogen) atoms. The predicted octanol–water partition coefficient (Wildman–Crippen LogP) is 3.79. The maximum absolute atomic E-state index is 13.1. The lowest BCUT2D eigenvalue weighted by molar-refractivity contribution is -0.384. The fourth-order valence-corrected chi connectivity index (χ4v) is 4.64. The zero-order valence-electron chi connectivity index (χ0n) is 18.0. The summed E-state index contributed by atoms with van der Waals surface area (Å²) in [5, 5.41) is 16.6. The summed E-state index contributed by atoms with van der Waals surface area (Å²) in [6.45, 7) is 5.29. The lowest BCUT2D eigenvalue weighted by Crippen LogP contribution is -2.38. The number of nitro benzene ring substituents is 1. The highest BCUT2D eigenvalue weighted by molar-refractivity contribution is 8.16. The number of allylic oxidation sites excluding steroid dienone is 1. The number of nitrogens with zero attached hydrogens (tertiary/aromatic N) is 3. The van der Waals surface area contributed by atoms with E-state index in [-0.39, 0.29) is 30.2 Å². The quantitative estimate of drug-likeness (QED) is 0.377. The van der Waals surface area contributed by atoms with E-state index in [0.29, 0.717) is 22.0 Å². The van der Waals surface area contributed by atoms with Crippen molar-refractivity contribution in [1.82, 2.24) is 10.2 Å². The fraction of sp³-hybridized carbons (Fsp3) is 0.409. The standard InChI is InChI=1S/C22H24N4O5S/c1-12(2)31-21(28)19-13(3)23-22-25(17(11-32-22)10-18(27)24-15-6-7-15)20(19)14-4-8-16(9-5-14)26(29)30/h4-5,8-9,11-12,15,20H,6-7,10H2,1-3H3,(H,24,27). The van der Waals surface area contributed by atoms with Gasteiger partial charge in [0.2, 0.25) is 5.91 Å². The monoisotopic (exact) mass is 456 g/mol. The Balaban J connectivity index is 1.72. The number of nitro groups is 1. The Morgan fingerprint density at radius 2 is 2.00 bits per heavy atom. The van der Waals surface area contributed by atoms with E-state index in [1.807, 2.05) is 10.3 Å². The molecule has 2 aliphatic heterocycles. The third-order valence-electron chi connectivity index (χ3n) is 5.27. The van der Waals surface area contributed by atoms with Crippen molar-refractivity contribution in [2.24, 2.45) is 4.99 Å². The Morgan fingerprint density at radius 1 is 1.31 bits per heavy atom. The van der Waals surface area contributed by atoms with Crippen LogP contribution in [0.15, 0.2) is 51.6 Å². The first-order valence-electron chi connectivity index (χ1n) is 10.4. The minimum atomic E-state index is -0.607. The summed E-state index contributed by atoms with van der Waals surface area (Å²) in [6, 6.07) is 5.72. The summed E-state index contributed by atoms with van der Waals surface area (Å²) in [5.74, 6) is -0.581. The molecule has 4 rings (SSSR count). The van der Waals surface area contributed by atoms with Crippen molar-refractivity contribution >= 4 is 34.5 Å². The number of thioether (sulfide) groups is 1. The van der Waals surface area contributed by atoms with Gasteiger partial charge in [0.25, 0.3) is 5.69 Å². The van der Waals surface area contributed by atoms with Gasteiger partial charge in [-0.25, -0.2) is 9.79 Å². The van der Waals surface area contributed by atoms with E-state index in [0.717, 1.165) is 18.5 Å². The number of esters is 1. The van der Waals surface area contributed by atoms with Gasteiger partial charge >= 0.3 is 5.97 Å². The minimum absolute atomic E-state index is 0.0409. The second-order valence-electron chi connectivity index (χ2n) is 8.21. The number of non-ortho nitro benzene ring substituents is 1. The molecule has 0 saturated heterocycles. The van der Waals surface area contributed by atoms with E-state index in [4.69, 9.17) is 4.74 Å². The van der Waals surface area contributed by atoms with Gasteiger partial charge in [-0.2, -0.15) is 0 Å². The molecule has 3 aliphatic rings. The van der Waals surface area contributed by atoms with E-state index in [1.165, 1.54) is 23.9 Å². The van der Waals surface area contributed by atoms with Gasteiger partial charge in [-0.05, 0) is 56.7 Å². The number of amidine groups is 1. The Hall–Kier alpha value is -3.14. The van der Waals surface area contributed by atoms with Crippen LogP contribution in [0, 0.1) is 10.1 Å². The van der Waals surface area contributed by atoms with Gasteiger partial charge in [-0.3, -0.25) is 14.9 Å². The smallest absolute Gasteiger partial charge is 0.338 e. The summed E-state index contributed by atoms with van der Waals surface area (Å²) in [5.41, 5.74) is 2.23. The number of amides is 1. The maximum atomic E-state index is 13.1. The third-order valence-corrected chi connectivity index (χ3v) is 6.16. The molecular weight excluding hydrogens is 432 g/mol. The number of ether oxygens (including phenoxy) is 1. The second kappa shape index (κ2) is 8.78. The van der Waals surface area contributed by atoms with Crippen molar-refractivity contribution in [1.29, 1.82) is 0 Å². The molecule has 0 radical (unpaired) electrons. The highest BCUT2D eigenvalue weighted by atomic mass is 32.2. The summed E-state index contributed by atoms with van der Waals surface area (Å²) in [6.07, 6.45) is 1.82. The topological polar surface area (TPSA) is 114 Å². The fourth-order valence-electron chi connectivity index (χ4n) is 3.67. The van der Waals surface area contributed by atoms with Crippen LogP contribution in [0.2, 0.25) is 0 Å². The number of carbonyl (C=O) groups is 2. The van der Waals surface area contributed by atoms with E-state index < -0.39 is 16.9 Å². The molecule has 1 atom stereocenters. The van der Waals surface area contributed by atoms with Gasteiger partial charge in [0, 0.05) is 23.9 Å². The molecule has 9 nitrogen and oxygen atoms in total. The summed E-state index contributed by atoms with van der Waals surface area (Å²) in [7, 11) is 0. The van der Waals surface area contributed by atoms with Crippen LogP contribution in [0.5, 0.6) is 0 Å². The first-order chi connectivity index (χ1) is 15.2. The highest BCUT2D eigenvalue weighted by Gasteiger charge is 2.41. The van der Waals surface area contributed by atoms with Gasteiger partial charge in [0.15, 0.2) is 5.17 Å². The number of rotatable bonds is 7.